The van der Waals surface area contributed by atoms with Crippen LogP contribution in [0.25, 0.3) is 0 Å². The van der Waals surface area contributed by atoms with Gasteiger partial charge in [-0.05, 0) is 57.7 Å². The predicted octanol–water partition coefficient (Wildman–Crippen LogP) is 1.78. The van der Waals surface area contributed by atoms with Gasteiger partial charge in [0.2, 0.25) is 0 Å². The molecule has 2 atom stereocenters. The zero-order valence-corrected chi connectivity index (χ0v) is 11.7. The molecule has 0 aromatic rings. The first-order valence-corrected chi connectivity index (χ1v) is 7.34. The lowest BCUT2D eigenvalue weighted by Gasteiger charge is -2.56. The minimum Gasteiger partial charge on any atom is -0.313 e. The van der Waals surface area contributed by atoms with Crippen LogP contribution in [0.1, 0.15) is 46.0 Å². The molecule has 0 spiro atoms. The number of nitrogens with two attached hydrogens (primary N) is 1. The van der Waals surface area contributed by atoms with E-state index < -0.39 is 0 Å². The Hall–Kier alpha value is -0.120. The second kappa shape index (κ2) is 5.25. The molecule has 2 saturated heterocycles. The Morgan fingerprint density at radius 1 is 1.35 bits per heavy atom. The third kappa shape index (κ3) is 2.51. The lowest BCUT2D eigenvalue weighted by atomic mass is 9.65. The van der Waals surface area contributed by atoms with Crippen LogP contribution in [0.3, 0.4) is 0 Å². The molecule has 2 aliphatic heterocycles. The molecule has 100 valence electrons. The minimum absolute atomic E-state index is 0.00945. The second-order valence-electron chi connectivity index (χ2n) is 6.13. The van der Waals surface area contributed by atoms with Crippen LogP contribution < -0.4 is 11.1 Å². The molecule has 2 heterocycles. The number of nitrogens with one attached hydrogen (secondary N) is 1. The van der Waals surface area contributed by atoms with E-state index in [2.05, 4.69) is 31.1 Å². The van der Waals surface area contributed by atoms with E-state index in [4.69, 9.17) is 5.73 Å². The molecule has 0 amide bonds. The molecule has 0 aromatic heterocycles. The summed E-state index contributed by atoms with van der Waals surface area (Å²) < 4.78 is 0. The highest BCUT2D eigenvalue weighted by atomic mass is 15.3. The summed E-state index contributed by atoms with van der Waals surface area (Å²) in [5, 5.41) is 3.79. The zero-order valence-electron chi connectivity index (χ0n) is 11.7. The monoisotopic (exact) mass is 239 g/mol. The van der Waals surface area contributed by atoms with Gasteiger partial charge in [0, 0.05) is 6.04 Å². The molecule has 1 unspecified atom stereocenters. The van der Waals surface area contributed by atoms with Crippen molar-refractivity contribution in [1.29, 1.82) is 0 Å². The van der Waals surface area contributed by atoms with Crippen LogP contribution in [0.2, 0.25) is 0 Å². The van der Waals surface area contributed by atoms with E-state index in [9.17, 15) is 0 Å². The van der Waals surface area contributed by atoms with Crippen LogP contribution in [0.15, 0.2) is 0 Å². The summed E-state index contributed by atoms with van der Waals surface area (Å²) in [7, 11) is 2.20. The van der Waals surface area contributed by atoms with Gasteiger partial charge >= 0.3 is 0 Å². The smallest absolute Gasteiger partial charge is 0.0691 e. The fourth-order valence-electron chi connectivity index (χ4n) is 3.66. The summed E-state index contributed by atoms with van der Waals surface area (Å²) in [6.07, 6.45) is 6.18. The van der Waals surface area contributed by atoms with Crippen molar-refractivity contribution >= 4 is 0 Å². The van der Waals surface area contributed by atoms with E-state index in [1.54, 1.807) is 0 Å². The first-order chi connectivity index (χ1) is 8.10. The van der Waals surface area contributed by atoms with Crippen molar-refractivity contribution in [2.75, 3.05) is 20.1 Å². The van der Waals surface area contributed by atoms with Crippen molar-refractivity contribution < 1.29 is 0 Å². The molecule has 2 bridgehead atoms. The molecule has 3 nitrogen and oxygen atoms in total. The third-order valence-corrected chi connectivity index (χ3v) is 5.00. The van der Waals surface area contributed by atoms with Crippen molar-refractivity contribution in [3.05, 3.63) is 0 Å². The van der Waals surface area contributed by atoms with Crippen LogP contribution in [0.5, 0.6) is 0 Å². The highest BCUT2D eigenvalue weighted by molar-refractivity contribution is 5.04. The summed E-state index contributed by atoms with van der Waals surface area (Å²) >= 11 is 0. The van der Waals surface area contributed by atoms with Crippen molar-refractivity contribution in [3.63, 3.8) is 0 Å². The standard InChI is InChI=1S/C14H29N3/c1-4-7-16-13-11(5-2)6-8-17(3)14(15)9-12(13)10-14/h11-13,16H,4-10,15H2,1-3H3/t11?,12?,13-,14?/m0/s1. The van der Waals surface area contributed by atoms with Crippen LogP contribution in [0.4, 0.5) is 0 Å². The van der Waals surface area contributed by atoms with Crippen molar-refractivity contribution in [2.45, 2.75) is 57.7 Å². The maximum Gasteiger partial charge on any atom is 0.0691 e. The summed E-state index contributed by atoms with van der Waals surface area (Å²) in [4.78, 5) is 2.39. The topological polar surface area (TPSA) is 41.3 Å². The van der Waals surface area contributed by atoms with Gasteiger partial charge in [0.25, 0.3) is 0 Å². The SMILES string of the molecule is CCCN[C@H]1C(CC)CCN(C)C2(N)CC1C2. The van der Waals surface area contributed by atoms with E-state index in [1.165, 1.54) is 32.1 Å². The molecule has 1 saturated carbocycles. The quantitative estimate of drug-likeness (QED) is 0.786. The van der Waals surface area contributed by atoms with Crippen LogP contribution >= 0.6 is 0 Å². The summed E-state index contributed by atoms with van der Waals surface area (Å²) in [6.45, 7) is 6.90. The maximum atomic E-state index is 6.43. The van der Waals surface area contributed by atoms with Gasteiger partial charge in [0.1, 0.15) is 0 Å². The van der Waals surface area contributed by atoms with Gasteiger partial charge in [-0.25, -0.2) is 0 Å². The van der Waals surface area contributed by atoms with Crippen molar-refractivity contribution in [3.8, 4) is 0 Å². The molecular weight excluding hydrogens is 210 g/mol. The third-order valence-electron chi connectivity index (χ3n) is 5.00. The fourth-order valence-corrected chi connectivity index (χ4v) is 3.66. The minimum atomic E-state index is 0.00945. The van der Waals surface area contributed by atoms with E-state index in [0.29, 0.717) is 6.04 Å². The number of hydrogen-bond donors (Lipinski definition) is 2. The molecule has 1 aliphatic carbocycles. The Kier molecular flexibility index (Phi) is 4.11. The molecule has 3 heteroatoms. The van der Waals surface area contributed by atoms with E-state index in [0.717, 1.165) is 24.9 Å². The summed E-state index contributed by atoms with van der Waals surface area (Å²) in [6, 6.07) is 0.713. The average Bonchev–Trinajstić information content (AvgIpc) is 2.27. The normalized spacial score (nSPS) is 42.7. The molecule has 17 heavy (non-hydrogen) atoms. The van der Waals surface area contributed by atoms with Gasteiger partial charge in [-0.1, -0.05) is 20.3 Å². The van der Waals surface area contributed by atoms with Gasteiger partial charge in [-0.3, -0.25) is 4.90 Å². The lowest BCUT2D eigenvalue weighted by molar-refractivity contribution is -0.0519. The highest BCUT2D eigenvalue weighted by Crippen LogP contribution is 2.44. The van der Waals surface area contributed by atoms with Gasteiger partial charge in [0.15, 0.2) is 0 Å². The second-order valence-corrected chi connectivity index (χ2v) is 6.13. The number of hydrogen-bond acceptors (Lipinski definition) is 3. The maximum absolute atomic E-state index is 6.43. The van der Waals surface area contributed by atoms with Gasteiger partial charge in [0.05, 0.1) is 5.66 Å². The van der Waals surface area contributed by atoms with E-state index >= 15 is 0 Å². The first kappa shape index (κ1) is 13.3. The highest BCUT2D eigenvalue weighted by Gasteiger charge is 2.49. The van der Waals surface area contributed by atoms with Crippen LogP contribution in [-0.2, 0) is 0 Å². The van der Waals surface area contributed by atoms with Gasteiger partial charge in [-0.2, -0.15) is 0 Å². The lowest BCUT2D eigenvalue weighted by Crippen LogP contribution is -2.68. The molecule has 3 fully saturated rings. The van der Waals surface area contributed by atoms with Gasteiger partial charge < -0.3 is 11.1 Å². The Morgan fingerprint density at radius 2 is 2.06 bits per heavy atom. The zero-order chi connectivity index (χ0) is 12.5. The average molecular weight is 239 g/mol. The van der Waals surface area contributed by atoms with E-state index in [-0.39, 0.29) is 5.66 Å². The molecule has 3 rings (SSSR count). The predicted molar refractivity (Wildman–Crippen MR) is 72.8 cm³/mol. The summed E-state index contributed by atoms with van der Waals surface area (Å²) in [5.74, 6) is 1.64. The van der Waals surface area contributed by atoms with Crippen LogP contribution in [0, 0.1) is 11.8 Å². The Labute approximate surface area is 106 Å². The molecule has 3 aliphatic rings. The molecular formula is C14H29N3. The van der Waals surface area contributed by atoms with E-state index in [1.807, 2.05) is 0 Å². The molecule has 3 N–H and O–H groups in total. The largest absolute Gasteiger partial charge is 0.313 e. The summed E-state index contributed by atoms with van der Waals surface area (Å²) in [5.41, 5.74) is 6.44. The number of fused-ring (bicyclic) bond motifs is 4. The molecule has 0 radical (unpaired) electrons. The number of rotatable bonds is 4. The van der Waals surface area contributed by atoms with Crippen molar-refractivity contribution in [1.82, 2.24) is 10.2 Å². The Morgan fingerprint density at radius 3 is 2.65 bits per heavy atom. The van der Waals surface area contributed by atoms with Crippen LogP contribution in [-0.4, -0.2) is 36.7 Å². The van der Waals surface area contributed by atoms with Gasteiger partial charge in [-0.15, -0.1) is 0 Å². The first-order valence-electron chi connectivity index (χ1n) is 7.34. The molecule has 0 aromatic carbocycles. The van der Waals surface area contributed by atoms with Crippen molar-refractivity contribution in [2.24, 2.45) is 17.6 Å². The number of nitrogens with zero attached hydrogens (tertiary/aromatic N) is 1. The fraction of sp³-hybridized carbons (Fsp3) is 1.00. The Balaban J connectivity index is 2.03. The Bertz CT molecular complexity index is 248.